The van der Waals surface area contributed by atoms with Crippen LogP contribution in [0.1, 0.15) is 33.3 Å². The maximum absolute atomic E-state index is 13.3. The van der Waals surface area contributed by atoms with E-state index in [-0.39, 0.29) is 11.7 Å². The van der Waals surface area contributed by atoms with Crippen molar-refractivity contribution in [2.24, 2.45) is 0 Å². The molecular formula is C21H19FN4O2. The van der Waals surface area contributed by atoms with E-state index in [0.717, 1.165) is 22.6 Å². The summed E-state index contributed by atoms with van der Waals surface area (Å²) in [4.78, 5) is 17.1. The zero-order valence-corrected chi connectivity index (χ0v) is 15.8. The Morgan fingerprint density at radius 1 is 1.14 bits per heavy atom. The second kappa shape index (κ2) is 6.92. The van der Waals surface area contributed by atoms with Crippen LogP contribution >= 0.6 is 0 Å². The first-order valence-corrected chi connectivity index (χ1v) is 8.88. The number of fused-ring (bicyclic) bond motifs is 1. The largest absolute Gasteiger partial charge is 0.465 e. The summed E-state index contributed by atoms with van der Waals surface area (Å²) in [5.74, 6) is 0.931. The van der Waals surface area contributed by atoms with Gasteiger partial charge in [-0.15, -0.1) is 0 Å². The Balaban J connectivity index is 1.67. The van der Waals surface area contributed by atoms with E-state index in [1.807, 2.05) is 32.9 Å². The van der Waals surface area contributed by atoms with Crippen LogP contribution in [0, 0.1) is 26.6 Å². The lowest BCUT2D eigenvalue weighted by Gasteiger charge is -2.08. The molecule has 0 aliphatic rings. The van der Waals surface area contributed by atoms with Crippen molar-refractivity contribution in [3.8, 4) is 11.1 Å². The Kier molecular flexibility index (Phi) is 4.43. The van der Waals surface area contributed by atoms with Crippen molar-refractivity contribution in [3.05, 3.63) is 76.9 Å². The Labute approximate surface area is 161 Å². The Morgan fingerprint density at radius 3 is 2.57 bits per heavy atom. The van der Waals surface area contributed by atoms with Gasteiger partial charge in [0.15, 0.2) is 5.65 Å². The lowest BCUT2D eigenvalue weighted by molar-refractivity contribution is 0.0946. The fourth-order valence-corrected chi connectivity index (χ4v) is 3.22. The molecule has 0 aliphatic carbocycles. The molecule has 4 aromatic rings. The summed E-state index contributed by atoms with van der Waals surface area (Å²) in [7, 11) is 0. The molecule has 6 nitrogen and oxygen atoms in total. The number of rotatable bonds is 4. The molecule has 0 fully saturated rings. The number of furan rings is 1. The molecule has 0 aliphatic heterocycles. The number of nitrogens with one attached hydrogen (secondary N) is 1. The molecule has 28 heavy (non-hydrogen) atoms. The molecule has 1 amide bonds. The molecule has 0 radical (unpaired) electrons. The highest BCUT2D eigenvalue weighted by molar-refractivity contribution is 5.95. The topological polar surface area (TPSA) is 72.4 Å². The lowest BCUT2D eigenvalue weighted by Crippen LogP contribution is -2.24. The number of aryl methyl sites for hydroxylation is 3. The number of hydrogen-bond acceptors (Lipinski definition) is 4. The third-order valence-corrected chi connectivity index (χ3v) is 4.66. The molecule has 0 unspecified atom stereocenters. The van der Waals surface area contributed by atoms with Crippen LogP contribution < -0.4 is 5.32 Å². The first-order valence-electron chi connectivity index (χ1n) is 8.88. The van der Waals surface area contributed by atoms with Crippen LogP contribution in [0.4, 0.5) is 4.39 Å². The van der Waals surface area contributed by atoms with E-state index in [1.165, 1.54) is 12.1 Å². The van der Waals surface area contributed by atoms with Crippen molar-refractivity contribution in [1.82, 2.24) is 19.9 Å². The third-order valence-electron chi connectivity index (χ3n) is 4.66. The molecule has 1 N–H and O–H groups in total. The van der Waals surface area contributed by atoms with Gasteiger partial charge in [0.1, 0.15) is 17.3 Å². The number of benzene rings is 1. The Hall–Kier alpha value is -3.48. The molecule has 0 spiro atoms. The van der Waals surface area contributed by atoms with E-state index in [9.17, 15) is 9.18 Å². The summed E-state index contributed by atoms with van der Waals surface area (Å²) in [6, 6.07) is 9.89. The van der Waals surface area contributed by atoms with Crippen LogP contribution in [0.5, 0.6) is 0 Å². The SMILES string of the molecule is Cc1ccc(CNC(=O)c2cnc3c(-c4ccc(F)cc4)c(C)nn3c2C)o1. The third kappa shape index (κ3) is 3.15. The van der Waals surface area contributed by atoms with Gasteiger partial charge < -0.3 is 9.73 Å². The van der Waals surface area contributed by atoms with E-state index in [1.54, 1.807) is 22.8 Å². The van der Waals surface area contributed by atoms with E-state index < -0.39 is 0 Å². The van der Waals surface area contributed by atoms with Crippen LogP contribution in [0.2, 0.25) is 0 Å². The Bertz CT molecular complexity index is 1180. The predicted molar refractivity (Wildman–Crippen MR) is 102 cm³/mol. The molecule has 0 saturated heterocycles. The minimum Gasteiger partial charge on any atom is -0.465 e. The first-order chi connectivity index (χ1) is 13.4. The number of halogens is 1. The number of carbonyl (C=O) groups excluding carboxylic acids is 1. The van der Waals surface area contributed by atoms with Crippen molar-refractivity contribution in [2.75, 3.05) is 0 Å². The molecule has 7 heteroatoms. The second-order valence-electron chi connectivity index (χ2n) is 6.66. The van der Waals surface area contributed by atoms with Gasteiger partial charge in [0, 0.05) is 11.8 Å². The van der Waals surface area contributed by atoms with Gasteiger partial charge in [0.2, 0.25) is 0 Å². The minimum atomic E-state index is -0.298. The van der Waals surface area contributed by atoms with Gasteiger partial charge in [-0.3, -0.25) is 4.79 Å². The van der Waals surface area contributed by atoms with Gasteiger partial charge in [-0.05, 0) is 50.6 Å². The Morgan fingerprint density at radius 2 is 1.89 bits per heavy atom. The highest BCUT2D eigenvalue weighted by Crippen LogP contribution is 2.28. The molecule has 142 valence electrons. The van der Waals surface area contributed by atoms with Crippen molar-refractivity contribution in [2.45, 2.75) is 27.3 Å². The van der Waals surface area contributed by atoms with Gasteiger partial charge >= 0.3 is 0 Å². The van der Waals surface area contributed by atoms with E-state index in [4.69, 9.17) is 4.42 Å². The quantitative estimate of drug-likeness (QED) is 0.583. The van der Waals surface area contributed by atoms with Crippen LogP contribution in [-0.2, 0) is 6.54 Å². The summed E-state index contributed by atoms with van der Waals surface area (Å²) in [5.41, 5.74) is 4.14. The van der Waals surface area contributed by atoms with Crippen LogP contribution in [-0.4, -0.2) is 20.5 Å². The molecule has 0 saturated carbocycles. The van der Waals surface area contributed by atoms with Crippen molar-refractivity contribution < 1.29 is 13.6 Å². The van der Waals surface area contributed by atoms with Crippen molar-refractivity contribution in [3.63, 3.8) is 0 Å². The van der Waals surface area contributed by atoms with Crippen molar-refractivity contribution >= 4 is 11.6 Å². The van der Waals surface area contributed by atoms with E-state index in [0.29, 0.717) is 29.2 Å². The van der Waals surface area contributed by atoms with Crippen LogP contribution in [0.25, 0.3) is 16.8 Å². The smallest absolute Gasteiger partial charge is 0.255 e. The van der Waals surface area contributed by atoms with Gasteiger partial charge in [-0.25, -0.2) is 13.9 Å². The molecule has 0 atom stereocenters. The average Bonchev–Trinajstić information content (AvgIpc) is 3.24. The van der Waals surface area contributed by atoms with E-state index >= 15 is 0 Å². The maximum atomic E-state index is 13.3. The monoisotopic (exact) mass is 378 g/mol. The normalized spacial score (nSPS) is 11.1. The number of carbonyl (C=O) groups is 1. The zero-order valence-electron chi connectivity index (χ0n) is 15.8. The van der Waals surface area contributed by atoms with Crippen molar-refractivity contribution in [1.29, 1.82) is 0 Å². The van der Waals surface area contributed by atoms with Gasteiger partial charge in [-0.1, -0.05) is 12.1 Å². The van der Waals surface area contributed by atoms with Gasteiger partial charge in [-0.2, -0.15) is 5.10 Å². The summed E-state index contributed by atoms with van der Waals surface area (Å²) in [5, 5.41) is 7.38. The molecule has 1 aromatic carbocycles. The highest BCUT2D eigenvalue weighted by Gasteiger charge is 2.19. The van der Waals surface area contributed by atoms with Gasteiger partial charge in [0.25, 0.3) is 5.91 Å². The average molecular weight is 378 g/mol. The first kappa shape index (κ1) is 17.9. The maximum Gasteiger partial charge on any atom is 0.255 e. The summed E-state index contributed by atoms with van der Waals surface area (Å²) >= 11 is 0. The second-order valence-corrected chi connectivity index (χ2v) is 6.66. The zero-order chi connectivity index (χ0) is 19.8. The van der Waals surface area contributed by atoms with E-state index in [2.05, 4.69) is 15.4 Å². The minimum absolute atomic E-state index is 0.252. The fraction of sp³-hybridized carbons (Fsp3) is 0.190. The molecule has 3 heterocycles. The number of aromatic nitrogens is 3. The molecule has 0 bridgehead atoms. The molecule has 4 rings (SSSR count). The van der Waals surface area contributed by atoms with Crippen LogP contribution in [0.3, 0.4) is 0 Å². The summed E-state index contributed by atoms with van der Waals surface area (Å²) in [6.45, 7) is 5.84. The number of hydrogen-bond donors (Lipinski definition) is 1. The summed E-state index contributed by atoms with van der Waals surface area (Å²) in [6.07, 6.45) is 1.54. The summed E-state index contributed by atoms with van der Waals surface area (Å²) < 4.78 is 20.4. The molecular weight excluding hydrogens is 359 g/mol. The standard InChI is InChI=1S/C21H19FN4O2/c1-12-4-9-17(28-12)10-24-21(27)18-11-23-20-19(13(2)25-26(20)14(18)3)15-5-7-16(22)8-6-15/h4-9,11H,10H2,1-3H3,(H,24,27). The predicted octanol–water partition coefficient (Wildman–Crippen LogP) is 3.98. The van der Waals surface area contributed by atoms with Gasteiger partial charge in [0.05, 0.1) is 23.5 Å². The highest BCUT2D eigenvalue weighted by atomic mass is 19.1. The van der Waals surface area contributed by atoms with Crippen LogP contribution in [0.15, 0.2) is 47.0 Å². The molecule has 3 aromatic heterocycles. The fourth-order valence-electron chi connectivity index (χ4n) is 3.22. The lowest BCUT2D eigenvalue weighted by atomic mass is 10.1. The number of nitrogens with zero attached hydrogens (tertiary/aromatic N) is 3. The number of amides is 1.